The number of carbonyl (C=O) groups is 1. The van der Waals surface area contributed by atoms with Crippen LogP contribution in [0.5, 0.6) is 11.5 Å². The largest absolute Gasteiger partial charge is 0.497 e. The Bertz CT molecular complexity index is 571. The molecule has 1 amide bonds. The van der Waals surface area contributed by atoms with Crippen molar-refractivity contribution in [2.75, 3.05) is 40.5 Å². The lowest BCUT2D eigenvalue weighted by molar-refractivity contribution is 0.0572. The standard InChI is InChI=1S/C20H32N2O4/c1-15(2)22(17-7-5-8-21-14-17)20(23)16-11-18(25-4)13-19(12-16)26-10-6-9-24-3/h11-13,15,17,21H,5-10,14H2,1-4H3/t17-/m1/s1. The van der Waals surface area contributed by atoms with Gasteiger partial charge in [0.15, 0.2) is 0 Å². The first-order chi connectivity index (χ1) is 12.6. The number of carbonyl (C=O) groups excluding carboxylic acids is 1. The molecule has 6 heteroatoms. The molecule has 1 aliphatic heterocycles. The third-order valence-electron chi connectivity index (χ3n) is 4.58. The molecule has 0 spiro atoms. The summed E-state index contributed by atoms with van der Waals surface area (Å²) in [4.78, 5) is 15.2. The highest BCUT2D eigenvalue weighted by molar-refractivity contribution is 5.95. The highest BCUT2D eigenvalue weighted by Gasteiger charge is 2.28. The third kappa shape index (κ3) is 5.61. The Morgan fingerprint density at radius 2 is 2.00 bits per heavy atom. The van der Waals surface area contributed by atoms with Crippen LogP contribution in [0, 0.1) is 0 Å². The lowest BCUT2D eigenvalue weighted by Crippen LogP contribution is -2.51. The smallest absolute Gasteiger partial charge is 0.254 e. The minimum Gasteiger partial charge on any atom is -0.497 e. The summed E-state index contributed by atoms with van der Waals surface area (Å²) in [5, 5.41) is 3.40. The molecule has 146 valence electrons. The molecular weight excluding hydrogens is 332 g/mol. The van der Waals surface area contributed by atoms with Crippen molar-refractivity contribution < 1.29 is 19.0 Å². The lowest BCUT2D eigenvalue weighted by atomic mass is 10.0. The first-order valence-electron chi connectivity index (χ1n) is 9.41. The number of hydrogen-bond donors (Lipinski definition) is 1. The van der Waals surface area contributed by atoms with E-state index in [0.29, 0.717) is 30.3 Å². The third-order valence-corrected chi connectivity index (χ3v) is 4.58. The molecule has 0 aromatic heterocycles. The summed E-state index contributed by atoms with van der Waals surface area (Å²) in [5.74, 6) is 1.30. The van der Waals surface area contributed by atoms with Gasteiger partial charge in [-0.15, -0.1) is 0 Å². The van der Waals surface area contributed by atoms with E-state index >= 15 is 0 Å². The minimum atomic E-state index is 0.0225. The quantitative estimate of drug-likeness (QED) is 0.683. The number of methoxy groups -OCH3 is 2. The Balaban J connectivity index is 2.18. The highest BCUT2D eigenvalue weighted by atomic mass is 16.5. The summed E-state index contributed by atoms with van der Waals surface area (Å²) >= 11 is 0. The number of rotatable bonds is 9. The summed E-state index contributed by atoms with van der Waals surface area (Å²) in [5.41, 5.74) is 0.602. The van der Waals surface area contributed by atoms with Crippen LogP contribution in [0.3, 0.4) is 0 Å². The van der Waals surface area contributed by atoms with Crippen molar-refractivity contribution in [1.82, 2.24) is 10.2 Å². The zero-order chi connectivity index (χ0) is 18.9. The van der Waals surface area contributed by atoms with Crippen molar-refractivity contribution in [3.8, 4) is 11.5 Å². The number of nitrogens with one attached hydrogen (secondary N) is 1. The van der Waals surface area contributed by atoms with Crippen LogP contribution in [0.1, 0.15) is 43.5 Å². The Labute approximate surface area is 156 Å². The molecule has 0 bridgehead atoms. The van der Waals surface area contributed by atoms with Gasteiger partial charge >= 0.3 is 0 Å². The Hall–Kier alpha value is -1.79. The van der Waals surface area contributed by atoms with Gasteiger partial charge in [-0.05, 0) is 45.4 Å². The van der Waals surface area contributed by atoms with Gasteiger partial charge in [0.25, 0.3) is 5.91 Å². The molecule has 1 saturated heterocycles. The molecule has 0 radical (unpaired) electrons. The second-order valence-electron chi connectivity index (χ2n) is 6.90. The van der Waals surface area contributed by atoms with Crippen LogP contribution in [0.4, 0.5) is 0 Å². The predicted octanol–water partition coefficient (Wildman–Crippen LogP) is 2.71. The average Bonchev–Trinajstić information content (AvgIpc) is 2.65. The van der Waals surface area contributed by atoms with Gasteiger partial charge in [0, 0.05) is 50.4 Å². The Morgan fingerprint density at radius 1 is 1.23 bits per heavy atom. The molecule has 1 atom stereocenters. The van der Waals surface area contributed by atoms with E-state index in [1.54, 1.807) is 20.3 Å². The van der Waals surface area contributed by atoms with Crippen molar-refractivity contribution in [3.05, 3.63) is 23.8 Å². The Kier molecular flexibility index (Phi) is 8.19. The first kappa shape index (κ1) is 20.5. The van der Waals surface area contributed by atoms with Crippen LogP contribution in [0.15, 0.2) is 18.2 Å². The van der Waals surface area contributed by atoms with E-state index in [1.807, 2.05) is 17.0 Å². The maximum absolute atomic E-state index is 13.2. The molecule has 1 fully saturated rings. The molecule has 1 aromatic rings. The zero-order valence-corrected chi connectivity index (χ0v) is 16.4. The van der Waals surface area contributed by atoms with Gasteiger partial charge in [-0.2, -0.15) is 0 Å². The number of piperidine rings is 1. The number of nitrogens with zero attached hydrogens (tertiary/aromatic N) is 1. The molecule has 0 unspecified atom stereocenters. The molecule has 1 heterocycles. The van der Waals surface area contributed by atoms with E-state index in [9.17, 15) is 4.79 Å². The molecular formula is C20H32N2O4. The van der Waals surface area contributed by atoms with Crippen LogP contribution in [-0.4, -0.2) is 63.4 Å². The number of benzene rings is 1. The van der Waals surface area contributed by atoms with Crippen LogP contribution < -0.4 is 14.8 Å². The predicted molar refractivity (Wildman–Crippen MR) is 102 cm³/mol. The summed E-state index contributed by atoms with van der Waals surface area (Å²) in [7, 11) is 3.27. The summed E-state index contributed by atoms with van der Waals surface area (Å²) < 4.78 is 16.2. The fraction of sp³-hybridized carbons (Fsp3) is 0.650. The number of ether oxygens (including phenoxy) is 3. The van der Waals surface area contributed by atoms with Crippen molar-refractivity contribution in [2.45, 2.75) is 45.2 Å². The topological polar surface area (TPSA) is 60.0 Å². The van der Waals surface area contributed by atoms with E-state index in [2.05, 4.69) is 19.2 Å². The van der Waals surface area contributed by atoms with Gasteiger partial charge in [0.1, 0.15) is 11.5 Å². The van der Waals surface area contributed by atoms with Crippen molar-refractivity contribution in [1.29, 1.82) is 0 Å². The van der Waals surface area contributed by atoms with Gasteiger partial charge in [-0.3, -0.25) is 4.79 Å². The molecule has 1 aliphatic rings. The zero-order valence-electron chi connectivity index (χ0n) is 16.4. The van der Waals surface area contributed by atoms with E-state index in [0.717, 1.165) is 32.4 Å². The van der Waals surface area contributed by atoms with Gasteiger partial charge in [0.05, 0.1) is 13.7 Å². The lowest BCUT2D eigenvalue weighted by Gasteiger charge is -2.37. The first-order valence-corrected chi connectivity index (χ1v) is 9.41. The van der Waals surface area contributed by atoms with Crippen LogP contribution in [0.2, 0.25) is 0 Å². The van der Waals surface area contributed by atoms with Crippen molar-refractivity contribution in [3.63, 3.8) is 0 Å². The monoisotopic (exact) mass is 364 g/mol. The van der Waals surface area contributed by atoms with Gasteiger partial charge in [0.2, 0.25) is 0 Å². The summed E-state index contributed by atoms with van der Waals surface area (Å²) in [6, 6.07) is 5.75. The van der Waals surface area contributed by atoms with E-state index in [4.69, 9.17) is 14.2 Å². The van der Waals surface area contributed by atoms with Crippen LogP contribution in [0.25, 0.3) is 0 Å². The average molecular weight is 364 g/mol. The highest BCUT2D eigenvalue weighted by Crippen LogP contribution is 2.26. The van der Waals surface area contributed by atoms with Crippen molar-refractivity contribution >= 4 is 5.91 Å². The molecule has 1 N–H and O–H groups in total. The molecule has 0 aliphatic carbocycles. The van der Waals surface area contributed by atoms with E-state index in [-0.39, 0.29) is 18.0 Å². The minimum absolute atomic E-state index is 0.0225. The van der Waals surface area contributed by atoms with Crippen LogP contribution in [-0.2, 0) is 4.74 Å². The molecule has 26 heavy (non-hydrogen) atoms. The van der Waals surface area contributed by atoms with E-state index < -0.39 is 0 Å². The van der Waals surface area contributed by atoms with Crippen LogP contribution >= 0.6 is 0 Å². The normalized spacial score (nSPS) is 17.2. The molecule has 2 rings (SSSR count). The molecule has 6 nitrogen and oxygen atoms in total. The summed E-state index contributed by atoms with van der Waals surface area (Å²) in [6.07, 6.45) is 2.91. The second kappa shape index (κ2) is 10.4. The number of hydrogen-bond acceptors (Lipinski definition) is 5. The van der Waals surface area contributed by atoms with E-state index in [1.165, 1.54) is 0 Å². The SMILES string of the molecule is COCCCOc1cc(OC)cc(C(=O)N(C(C)C)[C@@H]2CCCNC2)c1. The maximum atomic E-state index is 13.2. The molecule has 0 saturated carbocycles. The fourth-order valence-electron chi connectivity index (χ4n) is 3.33. The Morgan fingerprint density at radius 3 is 2.62 bits per heavy atom. The van der Waals surface area contributed by atoms with Gasteiger partial charge < -0.3 is 24.4 Å². The summed E-state index contributed by atoms with van der Waals surface area (Å²) in [6.45, 7) is 7.17. The molecule has 1 aromatic carbocycles. The fourth-order valence-corrected chi connectivity index (χ4v) is 3.33. The number of amides is 1. The maximum Gasteiger partial charge on any atom is 0.254 e. The second-order valence-corrected chi connectivity index (χ2v) is 6.90. The van der Waals surface area contributed by atoms with Gasteiger partial charge in [-0.25, -0.2) is 0 Å². The van der Waals surface area contributed by atoms with Crippen molar-refractivity contribution in [2.24, 2.45) is 0 Å². The van der Waals surface area contributed by atoms with Gasteiger partial charge in [-0.1, -0.05) is 0 Å².